The third-order valence-corrected chi connectivity index (χ3v) is 2.53. The average molecular weight is 217 g/mol. The van der Waals surface area contributed by atoms with Gasteiger partial charge >= 0.3 is 11.1 Å². The highest BCUT2D eigenvalue weighted by Crippen LogP contribution is 1.99. The Hall–Kier alpha value is -1.03. The van der Waals surface area contributed by atoms with Gasteiger partial charge in [-0.1, -0.05) is 6.92 Å². The first kappa shape index (κ1) is 11.0. The van der Waals surface area contributed by atoms with Crippen molar-refractivity contribution in [1.82, 2.24) is 9.13 Å². The van der Waals surface area contributed by atoms with E-state index in [1.807, 2.05) is 6.92 Å². The smallest absolute Gasteiger partial charge is 0.312 e. The fraction of sp³-hybridized carbons (Fsp3) is 0.556. The SMILES string of the molecule is CC(CCl)Cn1ccn(C)c(=O)c1=O. The molecular formula is C9H13ClN2O2. The number of hydrogen-bond donors (Lipinski definition) is 0. The van der Waals surface area contributed by atoms with Crippen molar-refractivity contribution >= 4 is 11.6 Å². The monoisotopic (exact) mass is 216 g/mol. The Morgan fingerprint density at radius 2 is 2.00 bits per heavy atom. The fourth-order valence-electron chi connectivity index (χ4n) is 1.12. The van der Waals surface area contributed by atoms with Crippen LogP contribution in [0, 0.1) is 5.92 Å². The molecule has 0 saturated carbocycles. The van der Waals surface area contributed by atoms with E-state index >= 15 is 0 Å². The van der Waals surface area contributed by atoms with E-state index in [0.717, 1.165) is 0 Å². The third kappa shape index (κ3) is 2.26. The Labute approximate surface area is 86.7 Å². The molecule has 0 aliphatic rings. The number of hydrogen-bond acceptors (Lipinski definition) is 2. The minimum atomic E-state index is -0.505. The summed E-state index contributed by atoms with van der Waals surface area (Å²) < 4.78 is 2.67. The van der Waals surface area contributed by atoms with Crippen LogP contribution in [-0.4, -0.2) is 15.0 Å². The quantitative estimate of drug-likeness (QED) is 0.543. The molecule has 1 heterocycles. The van der Waals surface area contributed by atoms with Gasteiger partial charge in [-0.15, -0.1) is 11.6 Å². The predicted octanol–water partition coefficient (Wildman–Crippen LogP) is 0.422. The van der Waals surface area contributed by atoms with Crippen molar-refractivity contribution < 1.29 is 0 Å². The van der Waals surface area contributed by atoms with Crippen molar-refractivity contribution in [3.8, 4) is 0 Å². The van der Waals surface area contributed by atoms with Crippen molar-refractivity contribution in [2.45, 2.75) is 13.5 Å². The molecule has 0 aromatic carbocycles. The van der Waals surface area contributed by atoms with Gasteiger partial charge in [-0.3, -0.25) is 9.59 Å². The van der Waals surface area contributed by atoms with Crippen LogP contribution >= 0.6 is 11.6 Å². The van der Waals surface area contributed by atoms with Crippen LogP contribution in [0.3, 0.4) is 0 Å². The Balaban J connectivity index is 3.07. The lowest BCUT2D eigenvalue weighted by molar-refractivity contribution is 0.506. The van der Waals surface area contributed by atoms with Gasteiger partial charge in [-0.05, 0) is 5.92 Å². The molecule has 0 amide bonds. The number of rotatable bonds is 3. The molecule has 4 nitrogen and oxygen atoms in total. The summed E-state index contributed by atoms with van der Waals surface area (Å²) in [5.41, 5.74) is -0.999. The van der Waals surface area contributed by atoms with Crippen LogP contribution in [0.1, 0.15) is 6.92 Å². The lowest BCUT2D eigenvalue weighted by Crippen LogP contribution is -2.40. The summed E-state index contributed by atoms with van der Waals surface area (Å²) in [4.78, 5) is 22.7. The van der Waals surface area contributed by atoms with E-state index in [-0.39, 0.29) is 5.92 Å². The largest absolute Gasteiger partial charge is 0.316 e. The summed E-state index contributed by atoms with van der Waals surface area (Å²) in [6.07, 6.45) is 3.18. The number of nitrogens with zero attached hydrogens (tertiary/aromatic N) is 2. The second-order valence-electron chi connectivity index (χ2n) is 3.43. The Morgan fingerprint density at radius 1 is 1.36 bits per heavy atom. The van der Waals surface area contributed by atoms with Gasteiger partial charge in [0, 0.05) is 31.9 Å². The molecule has 5 heteroatoms. The maximum absolute atomic E-state index is 11.4. The van der Waals surface area contributed by atoms with Crippen LogP contribution in [0.2, 0.25) is 0 Å². The summed E-state index contributed by atoms with van der Waals surface area (Å²) >= 11 is 5.63. The molecule has 1 aromatic heterocycles. The molecule has 0 spiro atoms. The van der Waals surface area contributed by atoms with E-state index in [1.54, 1.807) is 19.4 Å². The van der Waals surface area contributed by atoms with Crippen molar-refractivity contribution in [1.29, 1.82) is 0 Å². The topological polar surface area (TPSA) is 44.0 Å². The zero-order valence-electron chi connectivity index (χ0n) is 8.24. The Morgan fingerprint density at radius 3 is 2.57 bits per heavy atom. The summed E-state index contributed by atoms with van der Waals surface area (Å²) in [5.74, 6) is 0.656. The van der Waals surface area contributed by atoms with Crippen LogP contribution in [0.25, 0.3) is 0 Å². The molecule has 0 saturated heterocycles. The number of aromatic nitrogens is 2. The fourth-order valence-corrected chi connectivity index (χ4v) is 1.22. The molecule has 0 aliphatic carbocycles. The Bertz CT molecular complexity index is 422. The molecule has 1 unspecified atom stereocenters. The second-order valence-corrected chi connectivity index (χ2v) is 3.74. The minimum Gasteiger partial charge on any atom is -0.312 e. The highest BCUT2D eigenvalue weighted by Gasteiger charge is 2.05. The molecule has 0 fully saturated rings. The third-order valence-electron chi connectivity index (χ3n) is 2.01. The maximum atomic E-state index is 11.4. The van der Waals surface area contributed by atoms with Gasteiger partial charge in [-0.25, -0.2) is 0 Å². The first-order chi connectivity index (χ1) is 6.56. The van der Waals surface area contributed by atoms with Gasteiger partial charge < -0.3 is 9.13 Å². The van der Waals surface area contributed by atoms with Gasteiger partial charge in [0.2, 0.25) is 0 Å². The lowest BCUT2D eigenvalue weighted by atomic mass is 10.2. The van der Waals surface area contributed by atoms with Crippen LogP contribution in [-0.2, 0) is 13.6 Å². The molecule has 1 atom stereocenters. The maximum Gasteiger partial charge on any atom is 0.316 e. The van der Waals surface area contributed by atoms with Crippen LogP contribution < -0.4 is 11.1 Å². The molecule has 1 aromatic rings. The second kappa shape index (κ2) is 4.46. The zero-order chi connectivity index (χ0) is 10.7. The van der Waals surface area contributed by atoms with E-state index in [1.165, 1.54) is 9.13 Å². The van der Waals surface area contributed by atoms with Crippen molar-refractivity contribution in [2.75, 3.05) is 5.88 Å². The van der Waals surface area contributed by atoms with E-state index in [0.29, 0.717) is 12.4 Å². The van der Waals surface area contributed by atoms with Crippen molar-refractivity contribution in [2.24, 2.45) is 13.0 Å². The molecule has 1 rings (SSSR count). The van der Waals surface area contributed by atoms with E-state index < -0.39 is 11.1 Å². The summed E-state index contributed by atoms with van der Waals surface area (Å²) in [5, 5.41) is 0. The number of alkyl halides is 1. The van der Waals surface area contributed by atoms with Gasteiger partial charge in [0.1, 0.15) is 0 Å². The normalized spacial score (nSPS) is 12.8. The van der Waals surface area contributed by atoms with Crippen molar-refractivity contribution in [3.05, 3.63) is 33.1 Å². The molecule has 0 radical (unpaired) electrons. The zero-order valence-corrected chi connectivity index (χ0v) is 8.99. The van der Waals surface area contributed by atoms with E-state index in [4.69, 9.17) is 11.6 Å². The van der Waals surface area contributed by atoms with Crippen LogP contribution in [0.15, 0.2) is 22.0 Å². The standard InChI is InChI=1S/C9H13ClN2O2/c1-7(5-10)6-12-4-3-11(2)8(13)9(12)14/h3-4,7H,5-6H2,1-2H3. The van der Waals surface area contributed by atoms with E-state index in [2.05, 4.69) is 0 Å². The van der Waals surface area contributed by atoms with Gasteiger partial charge in [-0.2, -0.15) is 0 Å². The van der Waals surface area contributed by atoms with Gasteiger partial charge in [0.25, 0.3) is 0 Å². The first-order valence-electron chi connectivity index (χ1n) is 4.38. The molecule has 78 valence electrons. The summed E-state index contributed by atoms with van der Waals surface area (Å²) in [6.45, 7) is 2.41. The highest BCUT2D eigenvalue weighted by molar-refractivity contribution is 6.18. The summed E-state index contributed by atoms with van der Waals surface area (Å²) in [7, 11) is 1.55. The van der Waals surface area contributed by atoms with Crippen LogP contribution in [0.4, 0.5) is 0 Å². The first-order valence-corrected chi connectivity index (χ1v) is 4.91. The Kier molecular flexibility index (Phi) is 3.52. The molecule has 14 heavy (non-hydrogen) atoms. The summed E-state index contributed by atoms with van der Waals surface area (Å²) in [6, 6.07) is 0. The minimum absolute atomic E-state index is 0.182. The van der Waals surface area contributed by atoms with Gasteiger partial charge in [0.05, 0.1) is 0 Å². The van der Waals surface area contributed by atoms with Gasteiger partial charge in [0.15, 0.2) is 0 Å². The number of halogens is 1. The lowest BCUT2D eigenvalue weighted by Gasteiger charge is -2.09. The molecule has 0 bridgehead atoms. The molecule has 0 aliphatic heterocycles. The number of aryl methyl sites for hydroxylation is 1. The van der Waals surface area contributed by atoms with E-state index in [9.17, 15) is 9.59 Å². The van der Waals surface area contributed by atoms with Crippen LogP contribution in [0.5, 0.6) is 0 Å². The van der Waals surface area contributed by atoms with Crippen molar-refractivity contribution in [3.63, 3.8) is 0 Å². The molecular weight excluding hydrogens is 204 g/mol. The average Bonchev–Trinajstić information content (AvgIpc) is 2.19. The highest BCUT2D eigenvalue weighted by atomic mass is 35.5. The predicted molar refractivity (Wildman–Crippen MR) is 55.8 cm³/mol. The molecule has 0 N–H and O–H groups in total.